The highest BCUT2D eigenvalue weighted by Crippen LogP contribution is 2.43. The fourth-order valence-corrected chi connectivity index (χ4v) is 1.47. The lowest BCUT2D eigenvalue weighted by Gasteiger charge is -2.38. The van der Waals surface area contributed by atoms with Crippen LogP contribution in [0.3, 0.4) is 0 Å². The first kappa shape index (κ1) is 17.1. The molecule has 0 atom stereocenters. The maximum absolute atomic E-state index is 13.0. The van der Waals surface area contributed by atoms with Gasteiger partial charge in [-0.15, -0.1) is 0 Å². The van der Waals surface area contributed by atoms with Gasteiger partial charge in [0.1, 0.15) is 5.82 Å². The number of rotatable bonds is 3. The van der Waals surface area contributed by atoms with Crippen molar-refractivity contribution >= 4 is 11.7 Å². The van der Waals surface area contributed by atoms with Crippen molar-refractivity contribution in [3.05, 3.63) is 23.9 Å². The molecule has 118 valence electrons. The van der Waals surface area contributed by atoms with E-state index in [-0.39, 0.29) is 0 Å². The normalized spacial score (nSPS) is 13.0. The number of aromatic nitrogens is 1. The van der Waals surface area contributed by atoms with Crippen molar-refractivity contribution in [1.82, 2.24) is 10.3 Å². The van der Waals surface area contributed by atoms with E-state index >= 15 is 0 Å². The maximum atomic E-state index is 13.0. The average molecular weight is 315 g/mol. The van der Waals surface area contributed by atoms with Crippen molar-refractivity contribution in [3.63, 3.8) is 0 Å². The van der Waals surface area contributed by atoms with E-state index in [0.717, 1.165) is 17.6 Å². The van der Waals surface area contributed by atoms with Crippen molar-refractivity contribution in [1.29, 1.82) is 0 Å². The molecule has 0 aliphatic carbocycles. The Morgan fingerprint density at radius 3 is 1.95 bits per heavy atom. The van der Waals surface area contributed by atoms with E-state index in [2.05, 4.69) is 4.98 Å². The first-order valence-electron chi connectivity index (χ1n) is 5.52. The highest BCUT2D eigenvalue weighted by Gasteiger charge is 2.72. The summed E-state index contributed by atoms with van der Waals surface area (Å²) in [5.41, 5.74) is -4.07. The van der Waals surface area contributed by atoms with Crippen LogP contribution >= 0.6 is 0 Å². The van der Waals surface area contributed by atoms with E-state index in [4.69, 9.17) is 0 Å². The topological polar surface area (TPSA) is 54.0 Å². The van der Waals surface area contributed by atoms with E-state index in [1.54, 1.807) is 6.92 Å². The van der Waals surface area contributed by atoms with E-state index in [1.165, 1.54) is 11.4 Å². The van der Waals surface area contributed by atoms with Gasteiger partial charge in [0.25, 0.3) is 0 Å². The molecule has 21 heavy (non-hydrogen) atoms. The second-order valence-electron chi connectivity index (χ2n) is 4.27. The quantitative estimate of drug-likeness (QED) is 0.666. The van der Waals surface area contributed by atoms with Gasteiger partial charge in [0, 0.05) is 13.1 Å². The van der Waals surface area contributed by atoms with Crippen molar-refractivity contribution < 1.29 is 31.1 Å². The number of hydrogen-bond donors (Lipinski definition) is 2. The highest BCUT2D eigenvalue weighted by atomic mass is 19.4. The molecule has 0 aliphatic heterocycles. The molecule has 0 fully saturated rings. The molecule has 0 unspecified atom stereocenters. The minimum Gasteiger partial charge on any atom is -0.332 e. The monoisotopic (exact) mass is 315 g/mol. The second-order valence-corrected chi connectivity index (χ2v) is 4.27. The molecule has 0 bridgehead atoms. The Balaban J connectivity index is 3.35. The zero-order valence-electron chi connectivity index (χ0n) is 10.9. The number of amides is 1. The third kappa shape index (κ3) is 3.56. The largest absolute Gasteiger partial charge is 0.439 e. The predicted octanol–water partition coefficient (Wildman–Crippen LogP) is 2.76. The number of alkyl halides is 6. The molecule has 1 amide bonds. The number of carbonyl (C=O) groups excluding carboxylic acids is 1. The fourth-order valence-electron chi connectivity index (χ4n) is 1.47. The Morgan fingerprint density at radius 1 is 1.10 bits per heavy atom. The van der Waals surface area contributed by atoms with E-state index in [0.29, 0.717) is 12.5 Å². The predicted molar refractivity (Wildman–Crippen MR) is 61.3 cm³/mol. The van der Waals surface area contributed by atoms with Crippen LogP contribution in [0, 0.1) is 6.92 Å². The van der Waals surface area contributed by atoms with Crippen molar-refractivity contribution in [3.8, 4) is 0 Å². The zero-order chi connectivity index (χ0) is 16.5. The van der Waals surface area contributed by atoms with E-state index in [9.17, 15) is 31.1 Å². The lowest BCUT2D eigenvalue weighted by atomic mass is 10.1. The van der Waals surface area contributed by atoms with Gasteiger partial charge in [0.2, 0.25) is 5.91 Å². The van der Waals surface area contributed by atoms with Gasteiger partial charge in [0.15, 0.2) is 0 Å². The van der Waals surface area contributed by atoms with Gasteiger partial charge in [-0.05, 0) is 18.6 Å². The van der Waals surface area contributed by atoms with Crippen molar-refractivity contribution in [2.24, 2.45) is 0 Å². The summed E-state index contributed by atoms with van der Waals surface area (Å²) < 4.78 is 77.8. The van der Waals surface area contributed by atoms with Gasteiger partial charge >= 0.3 is 18.0 Å². The molecule has 0 aliphatic rings. The van der Waals surface area contributed by atoms with Crippen LogP contribution in [0.1, 0.15) is 12.5 Å². The molecular formula is C11H11F6N3O. The number of carbonyl (C=O) groups is 1. The number of nitrogens with one attached hydrogen (secondary N) is 2. The molecule has 0 saturated heterocycles. The summed E-state index contributed by atoms with van der Waals surface area (Å²) in [5, 5.41) is 2.13. The van der Waals surface area contributed by atoms with Crippen LogP contribution in [0.25, 0.3) is 0 Å². The number of nitrogens with zero attached hydrogens (tertiary/aromatic N) is 1. The third-order valence-corrected chi connectivity index (χ3v) is 2.44. The Labute approximate surface area is 115 Å². The van der Waals surface area contributed by atoms with Crippen LogP contribution < -0.4 is 10.6 Å². The van der Waals surface area contributed by atoms with Gasteiger partial charge in [0.05, 0.1) is 0 Å². The summed E-state index contributed by atoms with van der Waals surface area (Å²) in [5.74, 6) is -2.17. The van der Waals surface area contributed by atoms with Gasteiger partial charge < -0.3 is 10.6 Å². The van der Waals surface area contributed by atoms with Crippen LogP contribution in [0.15, 0.2) is 18.3 Å². The van der Waals surface area contributed by atoms with Crippen LogP contribution in [-0.2, 0) is 4.79 Å². The number of hydrogen-bond acceptors (Lipinski definition) is 3. The summed E-state index contributed by atoms with van der Waals surface area (Å²) >= 11 is 0. The molecule has 2 N–H and O–H groups in total. The minimum atomic E-state index is -5.83. The molecule has 0 aromatic carbocycles. The molecule has 0 spiro atoms. The van der Waals surface area contributed by atoms with Crippen molar-refractivity contribution in [2.45, 2.75) is 31.9 Å². The lowest BCUT2D eigenvalue weighted by molar-refractivity contribution is -0.295. The minimum absolute atomic E-state index is 0.546. The van der Waals surface area contributed by atoms with Crippen LogP contribution in [0.4, 0.5) is 32.2 Å². The second kappa shape index (κ2) is 5.41. The number of anilines is 1. The average Bonchev–Trinajstić information content (AvgIpc) is 2.27. The SMILES string of the molecule is CC(=O)NC(Nc1ccc(C)cn1)(C(F)(F)F)C(F)(F)F. The Morgan fingerprint density at radius 2 is 1.62 bits per heavy atom. The summed E-state index contributed by atoms with van der Waals surface area (Å²) in [6.45, 7) is 2.11. The smallest absolute Gasteiger partial charge is 0.332 e. The summed E-state index contributed by atoms with van der Waals surface area (Å²) in [6.07, 6.45) is -10.6. The molecule has 1 heterocycles. The third-order valence-electron chi connectivity index (χ3n) is 2.44. The molecule has 0 radical (unpaired) electrons. The molecular weight excluding hydrogens is 304 g/mol. The first-order valence-corrected chi connectivity index (χ1v) is 5.52. The van der Waals surface area contributed by atoms with Crippen LogP contribution in [-0.4, -0.2) is 28.9 Å². The number of halogens is 6. The van der Waals surface area contributed by atoms with Crippen molar-refractivity contribution in [2.75, 3.05) is 5.32 Å². The van der Waals surface area contributed by atoms with Crippen LogP contribution in [0.5, 0.6) is 0 Å². The van der Waals surface area contributed by atoms with Crippen LogP contribution in [0.2, 0.25) is 0 Å². The number of aryl methyl sites for hydroxylation is 1. The van der Waals surface area contributed by atoms with E-state index < -0.39 is 29.7 Å². The Hall–Kier alpha value is -2.00. The summed E-state index contributed by atoms with van der Waals surface area (Å²) in [7, 11) is 0. The molecule has 4 nitrogen and oxygen atoms in total. The van der Waals surface area contributed by atoms with Gasteiger partial charge in [-0.2, -0.15) is 26.3 Å². The molecule has 1 rings (SSSR count). The molecule has 10 heteroatoms. The summed E-state index contributed by atoms with van der Waals surface area (Å²) in [6, 6.07) is 2.23. The molecule has 0 saturated carbocycles. The number of pyridine rings is 1. The summed E-state index contributed by atoms with van der Waals surface area (Å²) in [4.78, 5) is 14.3. The Kier molecular flexibility index (Phi) is 4.40. The highest BCUT2D eigenvalue weighted by molar-refractivity contribution is 5.74. The maximum Gasteiger partial charge on any atom is 0.439 e. The first-order chi connectivity index (χ1) is 9.39. The van der Waals surface area contributed by atoms with E-state index in [1.807, 2.05) is 0 Å². The fraction of sp³-hybridized carbons (Fsp3) is 0.455. The standard InChI is InChI=1S/C11H11F6N3O/c1-6-3-4-8(18-5-6)20-9(10(12,13)14,11(15,16)17)19-7(2)21/h3-5H,1-2H3,(H,18,20)(H,19,21). The molecule has 1 aromatic rings. The lowest BCUT2D eigenvalue weighted by Crippen LogP contribution is -2.72. The zero-order valence-corrected chi connectivity index (χ0v) is 10.9. The molecule has 1 aromatic heterocycles. The van der Waals surface area contributed by atoms with Gasteiger partial charge in [-0.1, -0.05) is 6.07 Å². The Bertz CT molecular complexity index is 494. The van der Waals surface area contributed by atoms with Gasteiger partial charge in [-0.3, -0.25) is 4.79 Å². The van der Waals surface area contributed by atoms with Gasteiger partial charge in [-0.25, -0.2) is 4.98 Å².